The molecule has 0 saturated heterocycles. The zero-order valence-electron chi connectivity index (χ0n) is 14.3. The lowest BCUT2D eigenvalue weighted by Crippen LogP contribution is -2.45. The zero-order chi connectivity index (χ0) is 18.0. The first-order chi connectivity index (χ1) is 11.9. The second-order valence-electron chi connectivity index (χ2n) is 6.63. The first kappa shape index (κ1) is 17.6. The maximum atomic E-state index is 12.2. The van der Waals surface area contributed by atoms with E-state index in [1.54, 1.807) is 0 Å². The predicted octanol–water partition coefficient (Wildman–Crippen LogP) is 2.72. The van der Waals surface area contributed by atoms with Gasteiger partial charge >= 0.3 is 11.8 Å². The molecule has 0 bridgehead atoms. The first-order valence-corrected chi connectivity index (χ1v) is 9.21. The van der Waals surface area contributed by atoms with Crippen molar-refractivity contribution in [2.45, 2.75) is 32.3 Å². The number of carbonyl (C=O) groups is 2. The van der Waals surface area contributed by atoms with Crippen LogP contribution in [0, 0.1) is 19.8 Å². The Kier molecular flexibility index (Phi) is 4.92. The van der Waals surface area contributed by atoms with E-state index in [1.165, 1.54) is 11.3 Å². The van der Waals surface area contributed by atoms with Crippen LogP contribution < -0.4 is 10.6 Å². The highest BCUT2D eigenvalue weighted by atomic mass is 32.1. The molecular formula is C19H22N2O3S. The number of thiophene rings is 1. The van der Waals surface area contributed by atoms with Crippen LogP contribution in [0.4, 0.5) is 5.69 Å². The fourth-order valence-electron chi connectivity index (χ4n) is 2.86. The van der Waals surface area contributed by atoms with Crippen molar-refractivity contribution in [3.63, 3.8) is 0 Å². The Morgan fingerprint density at radius 3 is 2.64 bits per heavy atom. The number of nitrogens with one attached hydrogen (secondary N) is 2. The van der Waals surface area contributed by atoms with Crippen LogP contribution in [0.3, 0.4) is 0 Å². The van der Waals surface area contributed by atoms with Gasteiger partial charge < -0.3 is 15.7 Å². The molecule has 0 spiro atoms. The Morgan fingerprint density at radius 2 is 2.00 bits per heavy atom. The molecule has 1 saturated carbocycles. The van der Waals surface area contributed by atoms with E-state index in [2.05, 4.69) is 10.6 Å². The van der Waals surface area contributed by atoms with Gasteiger partial charge in [-0.2, -0.15) is 0 Å². The van der Waals surface area contributed by atoms with E-state index in [0.717, 1.165) is 28.8 Å². The minimum Gasteiger partial charge on any atom is -0.382 e. The van der Waals surface area contributed by atoms with Crippen molar-refractivity contribution < 1.29 is 14.7 Å². The summed E-state index contributed by atoms with van der Waals surface area (Å²) in [6.45, 7) is 3.83. The number of rotatable bonds is 5. The highest BCUT2D eigenvalue weighted by Gasteiger charge is 2.46. The number of aryl methyl sites for hydroxylation is 2. The molecule has 6 heteroatoms. The van der Waals surface area contributed by atoms with Crippen LogP contribution in [-0.2, 0) is 15.2 Å². The lowest BCUT2D eigenvalue weighted by Gasteiger charge is -2.27. The van der Waals surface area contributed by atoms with Gasteiger partial charge in [0.2, 0.25) is 0 Å². The normalized spacial score (nSPS) is 16.1. The summed E-state index contributed by atoms with van der Waals surface area (Å²) in [6.07, 6.45) is 1.86. The van der Waals surface area contributed by atoms with Gasteiger partial charge in [0.05, 0.1) is 6.54 Å². The third kappa shape index (κ3) is 3.91. The van der Waals surface area contributed by atoms with Crippen molar-refractivity contribution in [3.05, 3.63) is 51.7 Å². The molecule has 1 atom stereocenters. The molecule has 1 aliphatic rings. The summed E-state index contributed by atoms with van der Waals surface area (Å²) in [5.74, 6) is -1.33. The van der Waals surface area contributed by atoms with Gasteiger partial charge in [0.25, 0.3) is 0 Å². The molecule has 0 radical (unpaired) electrons. The molecule has 1 unspecified atom stereocenters. The zero-order valence-corrected chi connectivity index (χ0v) is 15.2. The number of aliphatic hydroxyl groups is 1. The van der Waals surface area contributed by atoms with Gasteiger partial charge in [-0.1, -0.05) is 18.2 Å². The van der Waals surface area contributed by atoms with Crippen LogP contribution in [0.15, 0.2) is 35.7 Å². The molecule has 0 aliphatic heterocycles. The van der Waals surface area contributed by atoms with Crippen LogP contribution in [0.2, 0.25) is 0 Å². The van der Waals surface area contributed by atoms with E-state index in [9.17, 15) is 14.7 Å². The fraction of sp³-hybridized carbons (Fsp3) is 0.368. The van der Waals surface area contributed by atoms with E-state index in [4.69, 9.17) is 0 Å². The van der Waals surface area contributed by atoms with Crippen molar-refractivity contribution in [1.82, 2.24) is 5.32 Å². The molecule has 132 valence electrons. The van der Waals surface area contributed by atoms with Gasteiger partial charge in [-0.05, 0) is 61.2 Å². The van der Waals surface area contributed by atoms with Crippen molar-refractivity contribution in [1.29, 1.82) is 0 Å². The Balaban J connectivity index is 1.63. The van der Waals surface area contributed by atoms with Gasteiger partial charge in [-0.15, -0.1) is 11.3 Å². The summed E-state index contributed by atoms with van der Waals surface area (Å²) >= 11 is 1.46. The topological polar surface area (TPSA) is 78.4 Å². The van der Waals surface area contributed by atoms with Crippen LogP contribution in [0.25, 0.3) is 0 Å². The molecule has 1 fully saturated rings. The van der Waals surface area contributed by atoms with Gasteiger partial charge in [0.15, 0.2) is 0 Å². The van der Waals surface area contributed by atoms with E-state index in [1.807, 2.05) is 49.6 Å². The SMILES string of the molecule is Cc1ccc(C)c(NC(=O)C(=O)NCC(O)(c2cccs2)C2CC2)c1. The first-order valence-electron chi connectivity index (χ1n) is 8.33. The van der Waals surface area contributed by atoms with Crippen LogP contribution in [0.5, 0.6) is 0 Å². The minimum atomic E-state index is -1.09. The summed E-state index contributed by atoms with van der Waals surface area (Å²) in [7, 11) is 0. The lowest BCUT2D eigenvalue weighted by atomic mass is 9.95. The number of amides is 2. The summed E-state index contributed by atoms with van der Waals surface area (Å²) in [5.41, 5.74) is 1.42. The monoisotopic (exact) mass is 358 g/mol. The molecule has 1 aliphatic carbocycles. The van der Waals surface area contributed by atoms with Crippen molar-refractivity contribution in [3.8, 4) is 0 Å². The summed E-state index contributed by atoms with van der Waals surface area (Å²) in [5, 5.41) is 18.1. The van der Waals surface area contributed by atoms with Gasteiger partial charge in [0.1, 0.15) is 5.60 Å². The smallest absolute Gasteiger partial charge is 0.313 e. The second-order valence-corrected chi connectivity index (χ2v) is 7.58. The van der Waals surface area contributed by atoms with E-state index in [-0.39, 0.29) is 12.5 Å². The molecule has 1 heterocycles. The third-order valence-corrected chi connectivity index (χ3v) is 5.60. The standard InChI is InChI=1S/C19H22N2O3S/c1-12-5-6-13(2)15(10-12)21-18(23)17(22)20-11-19(24,14-7-8-14)16-4-3-9-25-16/h3-6,9-10,14,24H,7-8,11H2,1-2H3,(H,20,22)(H,21,23). The molecule has 3 rings (SSSR count). The molecule has 3 N–H and O–H groups in total. The lowest BCUT2D eigenvalue weighted by molar-refractivity contribution is -0.137. The highest BCUT2D eigenvalue weighted by Crippen LogP contribution is 2.46. The highest BCUT2D eigenvalue weighted by molar-refractivity contribution is 7.10. The number of benzene rings is 1. The Hall–Kier alpha value is -2.18. The molecule has 1 aromatic heterocycles. The number of carbonyl (C=O) groups excluding carboxylic acids is 2. The molecule has 5 nitrogen and oxygen atoms in total. The Bertz CT molecular complexity index is 784. The Labute approximate surface area is 151 Å². The number of anilines is 1. The number of hydrogen-bond donors (Lipinski definition) is 3. The van der Waals surface area contributed by atoms with Crippen molar-refractivity contribution in [2.75, 3.05) is 11.9 Å². The van der Waals surface area contributed by atoms with Gasteiger partial charge in [0, 0.05) is 10.6 Å². The predicted molar refractivity (Wildman–Crippen MR) is 98.5 cm³/mol. The molecular weight excluding hydrogens is 336 g/mol. The molecule has 1 aromatic carbocycles. The number of hydrogen-bond acceptors (Lipinski definition) is 4. The third-order valence-electron chi connectivity index (χ3n) is 4.57. The average molecular weight is 358 g/mol. The minimum absolute atomic E-state index is 0.0389. The van der Waals surface area contributed by atoms with Crippen LogP contribution >= 0.6 is 11.3 Å². The van der Waals surface area contributed by atoms with Crippen LogP contribution in [-0.4, -0.2) is 23.5 Å². The van der Waals surface area contributed by atoms with E-state index in [0.29, 0.717) is 5.69 Å². The van der Waals surface area contributed by atoms with Gasteiger partial charge in [-0.3, -0.25) is 9.59 Å². The van der Waals surface area contributed by atoms with E-state index >= 15 is 0 Å². The Morgan fingerprint density at radius 1 is 1.24 bits per heavy atom. The maximum Gasteiger partial charge on any atom is 0.313 e. The molecule has 2 aromatic rings. The maximum absolute atomic E-state index is 12.2. The largest absolute Gasteiger partial charge is 0.382 e. The molecule has 2 amide bonds. The van der Waals surface area contributed by atoms with Crippen molar-refractivity contribution >= 4 is 28.8 Å². The van der Waals surface area contributed by atoms with Crippen LogP contribution in [0.1, 0.15) is 28.8 Å². The van der Waals surface area contributed by atoms with E-state index < -0.39 is 17.4 Å². The summed E-state index contributed by atoms with van der Waals surface area (Å²) < 4.78 is 0. The summed E-state index contributed by atoms with van der Waals surface area (Å²) in [6, 6.07) is 9.41. The summed E-state index contributed by atoms with van der Waals surface area (Å²) in [4.78, 5) is 25.2. The second kappa shape index (κ2) is 6.98. The fourth-order valence-corrected chi connectivity index (χ4v) is 3.77. The average Bonchev–Trinajstić information content (AvgIpc) is 3.30. The van der Waals surface area contributed by atoms with Crippen molar-refractivity contribution in [2.24, 2.45) is 5.92 Å². The quantitative estimate of drug-likeness (QED) is 0.719. The molecule has 25 heavy (non-hydrogen) atoms. The van der Waals surface area contributed by atoms with Gasteiger partial charge in [-0.25, -0.2) is 0 Å².